The first-order valence-electron chi connectivity index (χ1n) is 5.57. The average Bonchev–Trinajstić information content (AvgIpc) is 2.39. The minimum Gasteiger partial charge on any atom is -0.479 e. The van der Waals surface area contributed by atoms with Crippen molar-refractivity contribution in [2.75, 3.05) is 24.6 Å². The summed E-state index contributed by atoms with van der Waals surface area (Å²) in [6, 6.07) is 6.76. The van der Waals surface area contributed by atoms with E-state index in [1.54, 1.807) is 24.3 Å². The number of aliphatic carboxylic acids is 1. The van der Waals surface area contributed by atoms with Crippen molar-refractivity contribution >= 4 is 17.6 Å². The van der Waals surface area contributed by atoms with Crippen molar-refractivity contribution in [1.82, 2.24) is 0 Å². The van der Waals surface area contributed by atoms with Crippen molar-refractivity contribution in [3.8, 4) is 0 Å². The minimum atomic E-state index is -0.964. The maximum atomic E-state index is 10.9. The zero-order valence-corrected chi connectivity index (χ0v) is 9.70. The Balaban J connectivity index is 2.11. The molecule has 96 valence electrons. The van der Waals surface area contributed by atoms with Gasteiger partial charge in [0, 0.05) is 17.8 Å². The van der Waals surface area contributed by atoms with Crippen LogP contribution in [0.5, 0.6) is 0 Å². The molecule has 3 N–H and O–H groups in total. The molecule has 0 radical (unpaired) electrons. The van der Waals surface area contributed by atoms with E-state index in [9.17, 15) is 9.59 Å². The molecule has 1 aliphatic rings. The van der Waals surface area contributed by atoms with Crippen molar-refractivity contribution in [2.45, 2.75) is 6.10 Å². The largest absolute Gasteiger partial charge is 0.479 e. The van der Waals surface area contributed by atoms with Crippen LogP contribution in [-0.2, 0) is 9.53 Å². The van der Waals surface area contributed by atoms with E-state index in [2.05, 4.69) is 0 Å². The number of carbonyl (C=O) groups is 2. The normalized spacial score (nSPS) is 19.6. The second-order valence-electron chi connectivity index (χ2n) is 4.05. The van der Waals surface area contributed by atoms with Crippen LogP contribution in [0.4, 0.5) is 5.69 Å². The lowest BCUT2D eigenvalue weighted by atomic mass is 10.1. The number of nitrogens with two attached hydrogens (primary N) is 1. The summed E-state index contributed by atoms with van der Waals surface area (Å²) < 4.78 is 5.14. The Bertz CT molecular complexity index is 458. The van der Waals surface area contributed by atoms with Gasteiger partial charge in [-0.3, -0.25) is 4.79 Å². The molecule has 2 rings (SSSR count). The van der Waals surface area contributed by atoms with Crippen molar-refractivity contribution in [3.05, 3.63) is 29.8 Å². The maximum absolute atomic E-state index is 10.9. The van der Waals surface area contributed by atoms with Gasteiger partial charge < -0.3 is 20.5 Å². The number of carboxylic acid groups (broad SMARTS) is 1. The first kappa shape index (κ1) is 12.4. The molecule has 1 saturated heterocycles. The molecule has 0 spiro atoms. The second-order valence-corrected chi connectivity index (χ2v) is 4.05. The molecule has 6 heteroatoms. The summed E-state index contributed by atoms with van der Waals surface area (Å²) in [5, 5.41) is 8.91. The number of hydrogen-bond acceptors (Lipinski definition) is 4. The Morgan fingerprint density at radius 1 is 1.33 bits per heavy atom. The highest BCUT2D eigenvalue weighted by Gasteiger charge is 2.26. The van der Waals surface area contributed by atoms with Crippen LogP contribution < -0.4 is 10.6 Å². The number of amides is 1. The summed E-state index contributed by atoms with van der Waals surface area (Å²) in [4.78, 5) is 23.7. The lowest BCUT2D eigenvalue weighted by Gasteiger charge is -2.32. The number of rotatable bonds is 3. The van der Waals surface area contributed by atoms with Gasteiger partial charge in [0.1, 0.15) is 0 Å². The van der Waals surface area contributed by atoms with Gasteiger partial charge in [0.2, 0.25) is 5.91 Å². The topological polar surface area (TPSA) is 92.9 Å². The molecule has 0 saturated carbocycles. The fourth-order valence-corrected chi connectivity index (χ4v) is 1.87. The Kier molecular flexibility index (Phi) is 3.47. The highest BCUT2D eigenvalue weighted by Crippen LogP contribution is 2.18. The number of ether oxygens (including phenoxy) is 1. The lowest BCUT2D eigenvalue weighted by Crippen LogP contribution is -2.46. The Labute approximate surface area is 104 Å². The Morgan fingerprint density at radius 2 is 2.00 bits per heavy atom. The van der Waals surface area contributed by atoms with Crippen molar-refractivity contribution < 1.29 is 19.4 Å². The van der Waals surface area contributed by atoms with E-state index in [1.807, 2.05) is 4.90 Å². The van der Waals surface area contributed by atoms with E-state index in [-0.39, 0.29) is 0 Å². The minimum absolute atomic E-state index is 0.297. The SMILES string of the molecule is NC(=O)c1ccc(N2CCOC(C(=O)O)C2)cc1. The molecule has 0 bridgehead atoms. The van der Waals surface area contributed by atoms with Crippen molar-refractivity contribution in [1.29, 1.82) is 0 Å². The summed E-state index contributed by atoms with van der Waals surface area (Å²) in [6.07, 6.45) is -0.811. The Hall–Kier alpha value is -2.08. The summed E-state index contributed by atoms with van der Waals surface area (Å²) in [5.41, 5.74) is 6.44. The number of benzene rings is 1. The van der Waals surface area contributed by atoms with E-state index in [0.29, 0.717) is 25.3 Å². The predicted octanol–water partition coefficient (Wildman–Crippen LogP) is 0.0753. The van der Waals surface area contributed by atoms with Gasteiger partial charge in [0.05, 0.1) is 13.2 Å². The van der Waals surface area contributed by atoms with Crippen LogP contribution in [-0.4, -0.2) is 42.8 Å². The molecular formula is C12H14N2O4. The summed E-state index contributed by atoms with van der Waals surface area (Å²) in [5.74, 6) is -1.44. The molecule has 1 unspecified atom stereocenters. The number of primary amides is 1. The fourth-order valence-electron chi connectivity index (χ4n) is 1.87. The Morgan fingerprint density at radius 3 is 2.56 bits per heavy atom. The molecular weight excluding hydrogens is 236 g/mol. The van der Waals surface area contributed by atoms with Crippen LogP contribution in [0.25, 0.3) is 0 Å². The number of hydrogen-bond donors (Lipinski definition) is 2. The van der Waals surface area contributed by atoms with Crippen LogP contribution in [0.3, 0.4) is 0 Å². The molecule has 1 amide bonds. The first-order valence-corrected chi connectivity index (χ1v) is 5.57. The third-order valence-corrected chi connectivity index (χ3v) is 2.86. The highest BCUT2D eigenvalue weighted by molar-refractivity contribution is 5.93. The molecule has 1 fully saturated rings. The quantitative estimate of drug-likeness (QED) is 0.792. The van der Waals surface area contributed by atoms with E-state index in [0.717, 1.165) is 5.69 Å². The molecule has 1 aromatic rings. The first-order chi connectivity index (χ1) is 8.58. The third kappa shape index (κ3) is 2.60. The van der Waals surface area contributed by atoms with Gasteiger partial charge in [0.25, 0.3) is 0 Å². The fraction of sp³-hybridized carbons (Fsp3) is 0.333. The molecule has 6 nitrogen and oxygen atoms in total. The van der Waals surface area contributed by atoms with Crippen molar-refractivity contribution in [2.24, 2.45) is 5.73 Å². The van der Waals surface area contributed by atoms with Crippen LogP contribution in [0.15, 0.2) is 24.3 Å². The second kappa shape index (κ2) is 5.05. The van der Waals surface area contributed by atoms with Gasteiger partial charge in [-0.2, -0.15) is 0 Å². The lowest BCUT2D eigenvalue weighted by molar-refractivity contribution is -0.150. The smallest absolute Gasteiger partial charge is 0.334 e. The standard InChI is InChI=1S/C12H14N2O4/c13-11(15)8-1-3-9(4-2-8)14-5-6-18-10(7-14)12(16)17/h1-4,10H,5-7H2,(H2,13,15)(H,16,17). The summed E-state index contributed by atoms with van der Waals surface area (Å²) >= 11 is 0. The number of anilines is 1. The predicted molar refractivity (Wildman–Crippen MR) is 64.5 cm³/mol. The highest BCUT2D eigenvalue weighted by atomic mass is 16.5. The van der Waals surface area contributed by atoms with Gasteiger partial charge >= 0.3 is 5.97 Å². The molecule has 0 aliphatic carbocycles. The molecule has 0 aromatic heterocycles. The summed E-state index contributed by atoms with van der Waals surface area (Å²) in [7, 11) is 0. The molecule has 18 heavy (non-hydrogen) atoms. The molecule has 1 atom stereocenters. The van der Waals surface area contributed by atoms with Crippen LogP contribution in [0, 0.1) is 0 Å². The van der Waals surface area contributed by atoms with E-state index in [4.69, 9.17) is 15.6 Å². The molecule has 1 aromatic carbocycles. The third-order valence-electron chi connectivity index (χ3n) is 2.86. The van der Waals surface area contributed by atoms with Gasteiger partial charge in [-0.25, -0.2) is 4.79 Å². The molecule has 1 heterocycles. The zero-order valence-electron chi connectivity index (χ0n) is 9.70. The van der Waals surface area contributed by atoms with E-state index in [1.165, 1.54) is 0 Å². The average molecular weight is 250 g/mol. The van der Waals surface area contributed by atoms with Gasteiger partial charge in [-0.1, -0.05) is 0 Å². The van der Waals surface area contributed by atoms with Crippen molar-refractivity contribution in [3.63, 3.8) is 0 Å². The number of carboxylic acids is 1. The summed E-state index contributed by atoms with van der Waals surface area (Å²) in [6.45, 7) is 1.29. The number of carbonyl (C=O) groups excluding carboxylic acids is 1. The van der Waals surface area contributed by atoms with E-state index < -0.39 is 18.0 Å². The zero-order chi connectivity index (χ0) is 13.1. The van der Waals surface area contributed by atoms with Gasteiger partial charge in [-0.05, 0) is 24.3 Å². The number of morpholine rings is 1. The van der Waals surface area contributed by atoms with Gasteiger partial charge in [-0.15, -0.1) is 0 Å². The van der Waals surface area contributed by atoms with E-state index >= 15 is 0 Å². The number of nitrogens with zero attached hydrogens (tertiary/aromatic N) is 1. The van der Waals surface area contributed by atoms with Crippen LogP contribution >= 0.6 is 0 Å². The maximum Gasteiger partial charge on any atom is 0.334 e. The molecule has 1 aliphatic heterocycles. The van der Waals surface area contributed by atoms with Crippen LogP contribution in [0.1, 0.15) is 10.4 Å². The van der Waals surface area contributed by atoms with Crippen LogP contribution in [0.2, 0.25) is 0 Å². The monoisotopic (exact) mass is 250 g/mol. The van der Waals surface area contributed by atoms with Gasteiger partial charge in [0.15, 0.2) is 6.10 Å².